The number of nitrogens with zero attached hydrogens (tertiary/aromatic N) is 1. The zero-order valence-electron chi connectivity index (χ0n) is 9.51. The summed E-state index contributed by atoms with van der Waals surface area (Å²) in [7, 11) is 1.40. The first-order valence-corrected chi connectivity index (χ1v) is 6.33. The van der Waals surface area contributed by atoms with Gasteiger partial charge in [-0.15, -0.1) is 0 Å². The van der Waals surface area contributed by atoms with Crippen LogP contribution in [0, 0.1) is 0 Å². The highest BCUT2D eigenvalue weighted by atomic mass is 32.2. The number of hydrogen-bond donors (Lipinski definition) is 0. The highest BCUT2D eigenvalue weighted by Gasteiger charge is 2.06. The predicted molar refractivity (Wildman–Crippen MR) is 66.0 cm³/mol. The molecule has 0 atom stereocenters. The lowest BCUT2D eigenvalue weighted by molar-refractivity contribution is -0.140. The number of esters is 1. The number of benzene rings is 1. The largest absolute Gasteiger partial charge is 0.469 e. The van der Waals surface area contributed by atoms with E-state index in [1.807, 2.05) is 24.3 Å². The van der Waals surface area contributed by atoms with E-state index in [1.54, 1.807) is 0 Å². The lowest BCUT2D eigenvalue weighted by Crippen LogP contribution is -1.99. The molecule has 90 valence electrons. The number of para-hydroxylation sites is 2. The molecule has 5 heteroatoms. The van der Waals surface area contributed by atoms with Crippen molar-refractivity contribution < 1.29 is 13.9 Å². The van der Waals surface area contributed by atoms with E-state index >= 15 is 0 Å². The minimum Gasteiger partial charge on any atom is -0.469 e. The summed E-state index contributed by atoms with van der Waals surface area (Å²) < 4.78 is 10.1. The van der Waals surface area contributed by atoms with Crippen LogP contribution < -0.4 is 0 Å². The van der Waals surface area contributed by atoms with Gasteiger partial charge in [0, 0.05) is 12.2 Å². The Morgan fingerprint density at radius 1 is 1.47 bits per heavy atom. The number of methoxy groups -OCH3 is 1. The van der Waals surface area contributed by atoms with Gasteiger partial charge in [-0.3, -0.25) is 4.79 Å². The number of ether oxygens (including phenoxy) is 1. The number of hydrogen-bond acceptors (Lipinski definition) is 5. The fourth-order valence-corrected chi connectivity index (χ4v) is 2.17. The van der Waals surface area contributed by atoms with Gasteiger partial charge < -0.3 is 9.15 Å². The smallest absolute Gasteiger partial charge is 0.305 e. The van der Waals surface area contributed by atoms with Crippen molar-refractivity contribution in [3.8, 4) is 0 Å². The third-order valence-electron chi connectivity index (χ3n) is 2.25. The molecule has 0 unspecified atom stereocenters. The van der Waals surface area contributed by atoms with E-state index in [0.29, 0.717) is 11.6 Å². The normalized spacial score (nSPS) is 10.6. The van der Waals surface area contributed by atoms with Crippen molar-refractivity contribution in [3.63, 3.8) is 0 Å². The van der Waals surface area contributed by atoms with Gasteiger partial charge in [-0.25, -0.2) is 4.98 Å². The van der Waals surface area contributed by atoms with Crippen LogP contribution in [0.1, 0.15) is 12.8 Å². The zero-order chi connectivity index (χ0) is 12.1. The van der Waals surface area contributed by atoms with Crippen molar-refractivity contribution in [2.75, 3.05) is 12.9 Å². The van der Waals surface area contributed by atoms with E-state index in [4.69, 9.17) is 4.42 Å². The molecule has 1 aromatic heterocycles. The van der Waals surface area contributed by atoms with Crippen molar-refractivity contribution in [3.05, 3.63) is 24.3 Å². The molecule has 0 radical (unpaired) electrons. The summed E-state index contributed by atoms with van der Waals surface area (Å²) in [5, 5.41) is 0.649. The molecule has 1 heterocycles. The summed E-state index contributed by atoms with van der Waals surface area (Å²) in [5.74, 6) is 0.616. The van der Waals surface area contributed by atoms with Crippen LogP contribution in [-0.4, -0.2) is 23.8 Å². The molecule has 4 nitrogen and oxygen atoms in total. The molecule has 2 rings (SSSR count). The molecular weight excluding hydrogens is 238 g/mol. The summed E-state index contributed by atoms with van der Waals surface area (Å²) in [6.45, 7) is 0. The maximum absolute atomic E-state index is 10.9. The topological polar surface area (TPSA) is 52.3 Å². The predicted octanol–water partition coefficient (Wildman–Crippen LogP) is 2.87. The van der Waals surface area contributed by atoms with E-state index in [-0.39, 0.29) is 5.97 Å². The van der Waals surface area contributed by atoms with Gasteiger partial charge in [-0.1, -0.05) is 23.9 Å². The Kier molecular flexibility index (Phi) is 4.03. The summed E-state index contributed by atoms with van der Waals surface area (Å²) >= 11 is 1.51. The zero-order valence-corrected chi connectivity index (χ0v) is 10.3. The molecule has 1 aromatic carbocycles. The quantitative estimate of drug-likeness (QED) is 0.464. The highest BCUT2D eigenvalue weighted by Crippen LogP contribution is 2.23. The first kappa shape index (κ1) is 12.0. The van der Waals surface area contributed by atoms with Gasteiger partial charge in [0.1, 0.15) is 5.52 Å². The monoisotopic (exact) mass is 251 g/mol. The van der Waals surface area contributed by atoms with Gasteiger partial charge in [-0.05, 0) is 18.6 Å². The maximum Gasteiger partial charge on any atom is 0.305 e. The average molecular weight is 251 g/mol. The third-order valence-corrected chi connectivity index (χ3v) is 3.17. The minimum atomic E-state index is -0.178. The summed E-state index contributed by atoms with van der Waals surface area (Å²) in [4.78, 5) is 15.2. The molecule has 0 N–H and O–H groups in total. The summed E-state index contributed by atoms with van der Waals surface area (Å²) in [6.07, 6.45) is 1.19. The van der Waals surface area contributed by atoms with E-state index in [1.165, 1.54) is 18.9 Å². The second-order valence-electron chi connectivity index (χ2n) is 3.48. The van der Waals surface area contributed by atoms with E-state index in [2.05, 4.69) is 9.72 Å². The fourth-order valence-electron chi connectivity index (χ4n) is 1.39. The molecule has 0 spiro atoms. The molecule has 17 heavy (non-hydrogen) atoms. The van der Waals surface area contributed by atoms with Crippen LogP contribution in [-0.2, 0) is 9.53 Å². The first-order chi connectivity index (χ1) is 8.29. The Balaban J connectivity index is 1.85. The standard InChI is InChI=1S/C12H13NO3S/c1-15-11(14)7-4-8-17-12-13-9-5-2-3-6-10(9)16-12/h2-3,5-6H,4,7-8H2,1H3. The van der Waals surface area contributed by atoms with Crippen LogP contribution in [0.4, 0.5) is 0 Å². The van der Waals surface area contributed by atoms with Crippen LogP contribution in [0.5, 0.6) is 0 Å². The Bertz CT molecular complexity index is 476. The molecule has 0 saturated heterocycles. The Morgan fingerprint density at radius 3 is 3.06 bits per heavy atom. The van der Waals surface area contributed by atoms with Crippen LogP contribution in [0.3, 0.4) is 0 Å². The maximum atomic E-state index is 10.9. The van der Waals surface area contributed by atoms with Crippen molar-refractivity contribution >= 4 is 28.8 Å². The SMILES string of the molecule is COC(=O)CCCSc1nc2ccccc2o1. The molecule has 0 aliphatic rings. The van der Waals surface area contributed by atoms with Crippen molar-refractivity contribution in [1.29, 1.82) is 0 Å². The lowest BCUT2D eigenvalue weighted by Gasteiger charge is -1.97. The number of fused-ring (bicyclic) bond motifs is 1. The number of thioether (sulfide) groups is 1. The summed E-state index contributed by atoms with van der Waals surface area (Å²) in [6, 6.07) is 7.65. The number of rotatable bonds is 5. The van der Waals surface area contributed by atoms with Gasteiger partial charge in [0.15, 0.2) is 5.58 Å². The molecule has 0 bridgehead atoms. The van der Waals surface area contributed by atoms with E-state index < -0.39 is 0 Å². The number of oxazole rings is 1. The Hall–Kier alpha value is -1.49. The minimum absolute atomic E-state index is 0.178. The van der Waals surface area contributed by atoms with Gasteiger partial charge in [0.05, 0.1) is 7.11 Å². The number of carbonyl (C=O) groups excluding carboxylic acids is 1. The third kappa shape index (κ3) is 3.23. The Morgan fingerprint density at radius 2 is 2.29 bits per heavy atom. The Labute approximate surface area is 103 Å². The number of aromatic nitrogens is 1. The average Bonchev–Trinajstić information content (AvgIpc) is 2.76. The summed E-state index contributed by atoms with van der Waals surface area (Å²) in [5.41, 5.74) is 1.66. The van der Waals surface area contributed by atoms with Crippen molar-refractivity contribution in [1.82, 2.24) is 4.98 Å². The van der Waals surface area contributed by atoms with Gasteiger partial charge >= 0.3 is 5.97 Å². The van der Waals surface area contributed by atoms with Crippen molar-refractivity contribution in [2.45, 2.75) is 18.1 Å². The second-order valence-corrected chi connectivity index (χ2v) is 4.52. The van der Waals surface area contributed by atoms with Crippen LogP contribution in [0.2, 0.25) is 0 Å². The van der Waals surface area contributed by atoms with Crippen LogP contribution in [0.15, 0.2) is 33.9 Å². The molecule has 0 fully saturated rings. The molecule has 0 aliphatic heterocycles. The van der Waals surface area contributed by atoms with Crippen LogP contribution in [0.25, 0.3) is 11.1 Å². The number of carbonyl (C=O) groups is 1. The van der Waals surface area contributed by atoms with Gasteiger partial charge in [0.2, 0.25) is 0 Å². The molecule has 2 aromatic rings. The second kappa shape index (κ2) is 5.72. The highest BCUT2D eigenvalue weighted by molar-refractivity contribution is 7.99. The van der Waals surface area contributed by atoms with E-state index in [9.17, 15) is 4.79 Å². The molecular formula is C12H13NO3S. The van der Waals surface area contributed by atoms with Gasteiger partial charge in [0.25, 0.3) is 5.22 Å². The van der Waals surface area contributed by atoms with Gasteiger partial charge in [-0.2, -0.15) is 0 Å². The first-order valence-electron chi connectivity index (χ1n) is 5.35. The van der Waals surface area contributed by atoms with Crippen LogP contribution >= 0.6 is 11.8 Å². The van der Waals surface area contributed by atoms with Crippen molar-refractivity contribution in [2.24, 2.45) is 0 Å². The molecule has 0 aliphatic carbocycles. The molecule has 0 saturated carbocycles. The van der Waals surface area contributed by atoms with E-state index in [0.717, 1.165) is 23.3 Å². The molecule has 0 amide bonds. The lowest BCUT2D eigenvalue weighted by atomic mass is 10.3. The fraction of sp³-hybridized carbons (Fsp3) is 0.333.